The van der Waals surface area contributed by atoms with E-state index in [0.717, 1.165) is 0 Å². The zero-order chi connectivity index (χ0) is 14.0. The minimum Gasteiger partial charge on any atom is -0.396 e. The molecule has 8 heteroatoms. The summed E-state index contributed by atoms with van der Waals surface area (Å²) < 4.78 is 0. The number of carbonyl (C=O) groups excluding carboxylic acids is 1. The molecule has 1 aromatic heterocycles. The van der Waals surface area contributed by atoms with Crippen molar-refractivity contribution in [3.05, 3.63) is 45.3 Å². The summed E-state index contributed by atoms with van der Waals surface area (Å²) in [5, 5.41) is 2.99. The summed E-state index contributed by atoms with van der Waals surface area (Å²) in [4.78, 5) is 19.5. The highest BCUT2D eigenvalue weighted by atomic mass is 35.5. The van der Waals surface area contributed by atoms with Gasteiger partial charge in [0.15, 0.2) is 0 Å². The summed E-state index contributed by atoms with van der Waals surface area (Å²) in [5.41, 5.74) is 6.08. The maximum Gasteiger partial charge on any atom is 0.256 e. The smallest absolute Gasteiger partial charge is 0.256 e. The molecule has 0 fully saturated rings. The fraction of sp³-hybridized carbons (Fsp3) is 0. The number of nitrogens with one attached hydrogen (secondary N) is 1. The second kappa shape index (κ2) is 5.61. The van der Waals surface area contributed by atoms with E-state index in [0.29, 0.717) is 0 Å². The van der Waals surface area contributed by atoms with Gasteiger partial charge < -0.3 is 11.1 Å². The summed E-state index contributed by atoms with van der Waals surface area (Å²) in [6.45, 7) is 0. The van der Waals surface area contributed by atoms with Crippen molar-refractivity contribution >= 4 is 52.2 Å². The molecule has 2 rings (SSSR count). The van der Waals surface area contributed by atoms with Crippen LogP contribution in [0, 0.1) is 0 Å². The molecular weight excluding hydrogens is 311 g/mol. The van der Waals surface area contributed by atoms with E-state index < -0.39 is 5.91 Å². The van der Waals surface area contributed by atoms with Gasteiger partial charge in [-0.1, -0.05) is 23.2 Å². The topological polar surface area (TPSA) is 80.9 Å². The van der Waals surface area contributed by atoms with Gasteiger partial charge in [0.1, 0.15) is 5.82 Å². The van der Waals surface area contributed by atoms with Crippen LogP contribution in [0.15, 0.2) is 24.4 Å². The second-order valence-corrected chi connectivity index (χ2v) is 4.67. The molecular formula is C11H7Cl3N4O. The van der Waals surface area contributed by atoms with Gasteiger partial charge in [-0.3, -0.25) is 4.79 Å². The van der Waals surface area contributed by atoms with Crippen LogP contribution >= 0.6 is 34.8 Å². The van der Waals surface area contributed by atoms with E-state index >= 15 is 0 Å². The standard InChI is InChI=1S/C11H7Cl3N4O/c12-6-3-5(4-7(13)9(6)15)10(19)17-8-1-2-16-11(14)18-8/h1-4H,15H2,(H,16,17,18,19). The lowest BCUT2D eigenvalue weighted by Gasteiger charge is -2.07. The number of benzene rings is 1. The molecule has 0 atom stereocenters. The molecule has 98 valence electrons. The highest BCUT2D eigenvalue weighted by molar-refractivity contribution is 6.39. The van der Waals surface area contributed by atoms with Crippen LogP contribution in [0.3, 0.4) is 0 Å². The van der Waals surface area contributed by atoms with Crippen molar-refractivity contribution in [2.45, 2.75) is 0 Å². The van der Waals surface area contributed by atoms with Crippen LogP contribution < -0.4 is 11.1 Å². The molecule has 1 heterocycles. The lowest BCUT2D eigenvalue weighted by molar-refractivity contribution is 0.102. The predicted molar refractivity (Wildman–Crippen MR) is 75.9 cm³/mol. The molecule has 2 aromatic rings. The van der Waals surface area contributed by atoms with E-state index in [1.54, 1.807) is 0 Å². The Morgan fingerprint density at radius 2 is 1.84 bits per heavy atom. The number of hydrogen-bond acceptors (Lipinski definition) is 4. The highest BCUT2D eigenvalue weighted by Crippen LogP contribution is 2.29. The van der Waals surface area contributed by atoms with Crippen molar-refractivity contribution in [2.24, 2.45) is 0 Å². The molecule has 0 aliphatic heterocycles. The Hall–Kier alpha value is -1.56. The maximum atomic E-state index is 12.0. The van der Waals surface area contributed by atoms with Gasteiger partial charge in [-0.2, -0.15) is 0 Å². The largest absolute Gasteiger partial charge is 0.396 e. The van der Waals surface area contributed by atoms with Crippen LogP contribution in [-0.4, -0.2) is 15.9 Å². The summed E-state index contributed by atoms with van der Waals surface area (Å²) in [6.07, 6.45) is 1.42. The number of nitrogens with two attached hydrogens (primary N) is 1. The lowest BCUT2D eigenvalue weighted by Crippen LogP contribution is -2.13. The normalized spacial score (nSPS) is 10.3. The third-order valence-corrected chi connectivity index (χ3v) is 3.02. The number of anilines is 2. The quantitative estimate of drug-likeness (QED) is 0.658. The van der Waals surface area contributed by atoms with Crippen molar-refractivity contribution in [2.75, 3.05) is 11.1 Å². The SMILES string of the molecule is Nc1c(Cl)cc(C(=O)Nc2ccnc(Cl)n2)cc1Cl. The Balaban J connectivity index is 2.25. The highest BCUT2D eigenvalue weighted by Gasteiger charge is 2.12. The number of nitrogen functional groups attached to an aromatic ring is 1. The van der Waals surface area contributed by atoms with Gasteiger partial charge >= 0.3 is 0 Å². The monoisotopic (exact) mass is 316 g/mol. The van der Waals surface area contributed by atoms with Crippen LogP contribution in [-0.2, 0) is 0 Å². The van der Waals surface area contributed by atoms with Crippen LogP contribution in [0.25, 0.3) is 0 Å². The first-order valence-corrected chi connectivity index (χ1v) is 6.15. The van der Waals surface area contributed by atoms with E-state index in [4.69, 9.17) is 40.5 Å². The van der Waals surface area contributed by atoms with Gasteiger partial charge in [0.25, 0.3) is 5.91 Å². The minimum atomic E-state index is -0.432. The van der Waals surface area contributed by atoms with Crippen LogP contribution in [0.5, 0.6) is 0 Å². The second-order valence-electron chi connectivity index (χ2n) is 3.52. The molecule has 1 amide bonds. The van der Waals surface area contributed by atoms with Crippen molar-refractivity contribution in [1.82, 2.24) is 9.97 Å². The van der Waals surface area contributed by atoms with Crippen LogP contribution in [0.4, 0.5) is 11.5 Å². The van der Waals surface area contributed by atoms with E-state index in [1.165, 1.54) is 24.4 Å². The molecule has 0 bridgehead atoms. The Kier molecular flexibility index (Phi) is 4.09. The Bertz CT molecular complexity index is 625. The zero-order valence-electron chi connectivity index (χ0n) is 9.32. The molecule has 0 aliphatic rings. The lowest BCUT2D eigenvalue weighted by atomic mass is 10.2. The van der Waals surface area contributed by atoms with Crippen molar-refractivity contribution in [3.63, 3.8) is 0 Å². The molecule has 0 spiro atoms. The molecule has 0 unspecified atom stereocenters. The molecule has 0 saturated heterocycles. The number of aromatic nitrogens is 2. The molecule has 3 N–H and O–H groups in total. The average molecular weight is 318 g/mol. The van der Waals surface area contributed by atoms with E-state index in [9.17, 15) is 4.79 Å². The van der Waals surface area contributed by atoms with E-state index in [-0.39, 0.29) is 32.4 Å². The molecule has 5 nitrogen and oxygen atoms in total. The number of carbonyl (C=O) groups is 1. The minimum absolute atomic E-state index is 0.0335. The number of nitrogens with zero attached hydrogens (tertiary/aromatic N) is 2. The third-order valence-electron chi connectivity index (χ3n) is 2.21. The number of hydrogen-bond donors (Lipinski definition) is 2. The Morgan fingerprint density at radius 3 is 2.42 bits per heavy atom. The van der Waals surface area contributed by atoms with Crippen LogP contribution in [0.1, 0.15) is 10.4 Å². The van der Waals surface area contributed by atoms with Gasteiger partial charge in [-0.25, -0.2) is 9.97 Å². The summed E-state index contributed by atoms with van der Waals surface area (Å²) in [7, 11) is 0. The van der Waals surface area contributed by atoms with Gasteiger partial charge in [0.05, 0.1) is 15.7 Å². The molecule has 19 heavy (non-hydrogen) atoms. The Morgan fingerprint density at radius 1 is 1.21 bits per heavy atom. The van der Waals surface area contributed by atoms with Gasteiger partial charge in [0, 0.05) is 11.8 Å². The van der Waals surface area contributed by atoms with Crippen molar-refractivity contribution in [3.8, 4) is 0 Å². The summed E-state index contributed by atoms with van der Waals surface area (Å²) >= 11 is 17.3. The summed E-state index contributed by atoms with van der Waals surface area (Å²) in [6, 6.07) is 4.34. The Labute approximate surface area is 123 Å². The number of halogens is 3. The first-order valence-electron chi connectivity index (χ1n) is 5.02. The number of amides is 1. The van der Waals surface area contributed by atoms with Gasteiger partial charge in [0.2, 0.25) is 5.28 Å². The molecule has 1 aromatic carbocycles. The fourth-order valence-electron chi connectivity index (χ4n) is 1.31. The van der Waals surface area contributed by atoms with Crippen molar-refractivity contribution < 1.29 is 4.79 Å². The van der Waals surface area contributed by atoms with Gasteiger partial charge in [-0.15, -0.1) is 0 Å². The zero-order valence-corrected chi connectivity index (χ0v) is 11.6. The third kappa shape index (κ3) is 3.26. The first-order chi connectivity index (χ1) is 8.97. The molecule has 0 radical (unpaired) electrons. The van der Waals surface area contributed by atoms with E-state index in [1.807, 2.05) is 0 Å². The van der Waals surface area contributed by atoms with Crippen LogP contribution in [0.2, 0.25) is 15.3 Å². The van der Waals surface area contributed by atoms with E-state index in [2.05, 4.69) is 15.3 Å². The fourth-order valence-corrected chi connectivity index (χ4v) is 1.94. The summed E-state index contributed by atoms with van der Waals surface area (Å²) in [5.74, 6) is -0.160. The number of rotatable bonds is 2. The predicted octanol–water partition coefficient (Wildman–Crippen LogP) is 3.27. The van der Waals surface area contributed by atoms with Gasteiger partial charge in [-0.05, 0) is 29.8 Å². The first kappa shape index (κ1) is 13.9. The molecule has 0 aliphatic carbocycles. The molecule has 0 saturated carbocycles. The van der Waals surface area contributed by atoms with Crippen molar-refractivity contribution in [1.29, 1.82) is 0 Å². The average Bonchev–Trinajstić information content (AvgIpc) is 2.35. The maximum absolute atomic E-state index is 12.0.